The van der Waals surface area contributed by atoms with Gasteiger partial charge in [0.1, 0.15) is 5.25 Å². The molecule has 0 radical (unpaired) electrons. The van der Waals surface area contributed by atoms with Crippen LogP contribution in [0.3, 0.4) is 0 Å². The number of carboxylic acids is 1. The minimum Gasteiger partial charge on any atom is -0.480 e. The Labute approximate surface area is 81.0 Å². The van der Waals surface area contributed by atoms with Gasteiger partial charge in [-0.15, -0.1) is 0 Å². The maximum atomic E-state index is 11.5. The summed E-state index contributed by atoms with van der Waals surface area (Å²) in [6.45, 7) is 1.77. The topological polar surface area (TPSA) is 54.4 Å². The molecule has 1 N–H and O–H groups in total. The van der Waals surface area contributed by atoms with E-state index in [-0.39, 0.29) is 0 Å². The van der Waals surface area contributed by atoms with Crippen molar-refractivity contribution >= 4 is 16.8 Å². The maximum Gasteiger partial charge on any atom is 0.319 e. The molecule has 1 aliphatic rings. The number of carbonyl (C=O) groups is 1. The van der Waals surface area contributed by atoms with E-state index >= 15 is 0 Å². The lowest BCUT2D eigenvalue weighted by Crippen LogP contribution is -2.26. The first-order chi connectivity index (χ1) is 6.15. The molecule has 2 atom stereocenters. The molecule has 4 heteroatoms. The molecule has 0 aromatic carbocycles. The molecule has 2 unspecified atom stereocenters. The van der Waals surface area contributed by atoms with E-state index in [1.807, 2.05) is 0 Å². The molecular weight excluding hydrogens is 188 g/mol. The van der Waals surface area contributed by atoms with Gasteiger partial charge in [-0.3, -0.25) is 9.00 Å². The standard InChI is InChI=1S/C9H16O3S/c1-2-8(9(10)11)13(12)6-5-7-3-4-7/h7-8H,2-6H2,1H3,(H,10,11). The van der Waals surface area contributed by atoms with E-state index in [1.165, 1.54) is 12.8 Å². The molecule has 1 aliphatic carbocycles. The minimum absolute atomic E-state index is 0.465. The molecule has 0 spiro atoms. The first-order valence-corrected chi connectivity index (χ1v) is 6.13. The molecule has 0 bridgehead atoms. The highest BCUT2D eigenvalue weighted by Crippen LogP contribution is 2.32. The third-order valence-corrected chi connectivity index (χ3v) is 4.20. The van der Waals surface area contributed by atoms with Crippen LogP contribution in [0.1, 0.15) is 32.6 Å². The zero-order valence-corrected chi connectivity index (χ0v) is 8.68. The van der Waals surface area contributed by atoms with Crippen molar-refractivity contribution in [1.82, 2.24) is 0 Å². The predicted molar refractivity (Wildman–Crippen MR) is 52.1 cm³/mol. The summed E-state index contributed by atoms with van der Waals surface area (Å²) in [5, 5.41) is 8.08. The molecule has 0 heterocycles. The van der Waals surface area contributed by atoms with Crippen LogP contribution in [-0.4, -0.2) is 26.3 Å². The van der Waals surface area contributed by atoms with Crippen LogP contribution in [0.5, 0.6) is 0 Å². The van der Waals surface area contributed by atoms with Gasteiger partial charge in [0, 0.05) is 16.6 Å². The Kier molecular flexibility index (Phi) is 3.90. The fraction of sp³-hybridized carbons (Fsp3) is 0.889. The second-order valence-electron chi connectivity index (χ2n) is 3.55. The monoisotopic (exact) mass is 204 g/mol. The molecule has 0 amide bonds. The van der Waals surface area contributed by atoms with Gasteiger partial charge in [0.25, 0.3) is 0 Å². The Morgan fingerprint density at radius 2 is 2.23 bits per heavy atom. The average Bonchev–Trinajstić information content (AvgIpc) is 2.84. The lowest BCUT2D eigenvalue weighted by molar-refractivity contribution is -0.136. The second kappa shape index (κ2) is 4.74. The van der Waals surface area contributed by atoms with Crippen molar-refractivity contribution in [2.24, 2.45) is 5.92 Å². The Hall–Kier alpha value is -0.380. The molecule has 1 saturated carbocycles. The first-order valence-electron chi connectivity index (χ1n) is 4.75. The number of carboxylic acid groups (broad SMARTS) is 1. The zero-order chi connectivity index (χ0) is 9.84. The van der Waals surface area contributed by atoms with E-state index in [9.17, 15) is 9.00 Å². The van der Waals surface area contributed by atoms with Crippen LogP contribution >= 0.6 is 0 Å². The summed E-state index contributed by atoms with van der Waals surface area (Å²) in [6.07, 6.45) is 3.88. The van der Waals surface area contributed by atoms with E-state index in [2.05, 4.69) is 0 Å². The smallest absolute Gasteiger partial charge is 0.319 e. The van der Waals surface area contributed by atoms with E-state index in [0.717, 1.165) is 12.3 Å². The average molecular weight is 204 g/mol. The molecule has 1 fully saturated rings. The van der Waals surface area contributed by atoms with Crippen molar-refractivity contribution in [3.05, 3.63) is 0 Å². The number of hydrogen-bond acceptors (Lipinski definition) is 2. The quantitative estimate of drug-likeness (QED) is 0.711. The maximum absolute atomic E-state index is 11.5. The largest absolute Gasteiger partial charge is 0.480 e. The van der Waals surface area contributed by atoms with Crippen LogP contribution in [0.2, 0.25) is 0 Å². The Morgan fingerprint density at radius 1 is 1.62 bits per heavy atom. The van der Waals surface area contributed by atoms with Crippen molar-refractivity contribution < 1.29 is 14.1 Å². The van der Waals surface area contributed by atoms with Gasteiger partial charge >= 0.3 is 5.97 Å². The molecule has 0 aliphatic heterocycles. The van der Waals surface area contributed by atoms with Gasteiger partial charge < -0.3 is 5.11 Å². The summed E-state index contributed by atoms with van der Waals surface area (Å²) in [6, 6.07) is 0. The molecule has 0 aromatic rings. The van der Waals surface area contributed by atoms with E-state index in [1.54, 1.807) is 6.92 Å². The molecule has 13 heavy (non-hydrogen) atoms. The van der Waals surface area contributed by atoms with Crippen LogP contribution < -0.4 is 0 Å². The zero-order valence-electron chi connectivity index (χ0n) is 7.86. The Balaban J connectivity index is 2.29. The highest BCUT2D eigenvalue weighted by Gasteiger charge is 2.26. The van der Waals surface area contributed by atoms with E-state index in [0.29, 0.717) is 12.2 Å². The molecular formula is C9H16O3S. The normalized spacial score (nSPS) is 21.0. The van der Waals surface area contributed by atoms with Crippen LogP contribution in [0, 0.1) is 5.92 Å². The lowest BCUT2D eigenvalue weighted by atomic mass is 10.3. The summed E-state index contributed by atoms with van der Waals surface area (Å²) in [5.41, 5.74) is 0. The van der Waals surface area contributed by atoms with Gasteiger partial charge in [0.2, 0.25) is 0 Å². The van der Waals surface area contributed by atoms with Gasteiger partial charge in [-0.2, -0.15) is 0 Å². The van der Waals surface area contributed by atoms with Crippen LogP contribution in [0.15, 0.2) is 0 Å². The summed E-state index contributed by atoms with van der Waals surface area (Å²) >= 11 is 0. The van der Waals surface area contributed by atoms with Gasteiger partial charge in [-0.05, 0) is 18.8 Å². The van der Waals surface area contributed by atoms with Crippen molar-refractivity contribution in [1.29, 1.82) is 0 Å². The first kappa shape index (κ1) is 10.7. The Bertz CT molecular complexity index is 211. The fourth-order valence-corrected chi connectivity index (χ4v) is 2.75. The summed E-state index contributed by atoms with van der Waals surface area (Å²) in [7, 11) is -1.17. The van der Waals surface area contributed by atoms with E-state index < -0.39 is 22.0 Å². The molecule has 0 saturated heterocycles. The van der Waals surface area contributed by atoms with Crippen LogP contribution in [0.25, 0.3) is 0 Å². The van der Waals surface area contributed by atoms with Crippen molar-refractivity contribution in [3.8, 4) is 0 Å². The minimum atomic E-state index is -1.17. The number of rotatable bonds is 6. The number of aliphatic carboxylic acids is 1. The van der Waals surface area contributed by atoms with Gasteiger partial charge in [0.15, 0.2) is 0 Å². The van der Waals surface area contributed by atoms with Crippen molar-refractivity contribution in [3.63, 3.8) is 0 Å². The summed E-state index contributed by atoms with van der Waals surface area (Å²) in [4.78, 5) is 10.6. The van der Waals surface area contributed by atoms with Crippen LogP contribution in [0.4, 0.5) is 0 Å². The second-order valence-corrected chi connectivity index (χ2v) is 5.29. The van der Waals surface area contributed by atoms with Gasteiger partial charge in [0.05, 0.1) is 0 Å². The van der Waals surface area contributed by atoms with Gasteiger partial charge in [-0.25, -0.2) is 0 Å². The summed E-state index contributed by atoms with van der Waals surface area (Å²) in [5.74, 6) is 0.377. The van der Waals surface area contributed by atoms with Crippen LogP contribution in [-0.2, 0) is 15.6 Å². The lowest BCUT2D eigenvalue weighted by Gasteiger charge is -2.08. The SMILES string of the molecule is CCC(C(=O)O)S(=O)CCC1CC1. The third-order valence-electron chi connectivity index (χ3n) is 2.39. The summed E-state index contributed by atoms with van der Waals surface area (Å²) < 4.78 is 11.5. The van der Waals surface area contributed by atoms with E-state index in [4.69, 9.17) is 5.11 Å². The highest BCUT2D eigenvalue weighted by atomic mass is 32.2. The molecule has 0 aromatic heterocycles. The molecule has 1 rings (SSSR count). The van der Waals surface area contributed by atoms with Gasteiger partial charge in [-0.1, -0.05) is 19.8 Å². The van der Waals surface area contributed by atoms with Crippen molar-refractivity contribution in [2.75, 3.05) is 5.75 Å². The van der Waals surface area contributed by atoms with Crippen molar-refractivity contribution in [2.45, 2.75) is 37.9 Å². The predicted octanol–water partition coefficient (Wildman–Crippen LogP) is 1.40. The number of hydrogen-bond donors (Lipinski definition) is 1. The fourth-order valence-electron chi connectivity index (χ4n) is 1.30. The highest BCUT2D eigenvalue weighted by molar-refractivity contribution is 7.86. The molecule has 76 valence electrons. The molecule has 3 nitrogen and oxygen atoms in total. The Morgan fingerprint density at radius 3 is 2.62 bits per heavy atom. The third kappa shape index (κ3) is 3.46.